The molecule has 0 spiro atoms. The fraction of sp³-hybridized carbons (Fsp3) is 0.239. The molecular weight excluding hydrogens is 908 g/mol. The van der Waals surface area contributed by atoms with Crippen molar-refractivity contribution in [3.63, 3.8) is 0 Å². The fourth-order valence-electron chi connectivity index (χ4n) is 14.1. The van der Waals surface area contributed by atoms with E-state index in [1.807, 2.05) is 0 Å². The van der Waals surface area contributed by atoms with Gasteiger partial charge in [-0.05, 0) is 163 Å². The lowest BCUT2D eigenvalue weighted by Gasteiger charge is -2.49. The Bertz CT molecular complexity index is 3910. The predicted octanol–water partition coefficient (Wildman–Crippen LogP) is 17.5. The minimum Gasteiger partial charge on any atom is -0.456 e. The number of nitrogens with one attached hydrogen (secondary N) is 1. The summed E-state index contributed by atoms with van der Waals surface area (Å²) < 4.78 is 7.08. The van der Waals surface area contributed by atoms with Gasteiger partial charge in [0.2, 0.25) is 0 Å². The van der Waals surface area contributed by atoms with E-state index in [9.17, 15) is 0 Å². The van der Waals surface area contributed by atoms with Crippen molar-refractivity contribution in [2.75, 3.05) is 10.2 Å². The third-order valence-corrected chi connectivity index (χ3v) is 18.5. The molecule has 0 saturated carbocycles. The van der Waals surface area contributed by atoms with Gasteiger partial charge in [-0.1, -0.05) is 194 Å². The Morgan fingerprint density at radius 2 is 0.987 bits per heavy atom. The molecule has 9 aromatic carbocycles. The first-order chi connectivity index (χ1) is 36.1. The van der Waals surface area contributed by atoms with Gasteiger partial charge in [-0.25, -0.2) is 0 Å². The van der Waals surface area contributed by atoms with E-state index >= 15 is 0 Å². The Balaban J connectivity index is 1.06. The largest absolute Gasteiger partial charge is 0.456 e. The first kappa shape index (κ1) is 46.0. The second-order valence-corrected chi connectivity index (χ2v) is 24.9. The van der Waals surface area contributed by atoms with E-state index in [-0.39, 0.29) is 21.7 Å². The zero-order valence-electron chi connectivity index (χ0n) is 44.7. The van der Waals surface area contributed by atoms with Crippen LogP contribution in [0.4, 0.5) is 28.4 Å². The van der Waals surface area contributed by atoms with Gasteiger partial charge in [-0.2, -0.15) is 0 Å². The lowest BCUT2D eigenvalue weighted by Crippen LogP contribution is -2.47. The molecular formula is C71H64BN2O. The molecule has 0 atom stereocenters. The normalized spacial score (nSPS) is 17.7. The fourth-order valence-corrected chi connectivity index (χ4v) is 14.1. The Hall–Kier alpha value is -7.56. The lowest BCUT2D eigenvalue weighted by molar-refractivity contribution is 0.332. The van der Waals surface area contributed by atoms with Gasteiger partial charge in [0.1, 0.15) is 11.2 Å². The molecule has 4 heteroatoms. The van der Waals surface area contributed by atoms with Crippen LogP contribution in [0.25, 0.3) is 44.2 Å². The third-order valence-electron chi connectivity index (χ3n) is 18.5. The molecule has 367 valence electrons. The van der Waals surface area contributed by atoms with Crippen LogP contribution in [0.15, 0.2) is 192 Å². The topological polar surface area (TPSA) is 28.4 Å². The standard InChI is InChI=1S/C71H64BN2O/c1-67(2)33-34-68(3,4)56-39-48(31-32-53(56)67)73-60-43-64-50(51-41-57-58(42-63(51)75-64)70(7,8)36-35-69(57,5)6)40-49(60)52-37-45(44-21-12-9-13-22-44)38-62-65(52)72-59-29-20-28-55-66(59)74(62)61-30-19-18-27-54(61)71(55,46-23-14-10-15-24-46)47-25-16-11-17-26-47/h9-32,37-43,73H,33-36H2,1-8H3. The Labute approximate surface area is 443 Å². The molecule has 3 nitrogen and oxygen atoms in total. The van der Waals surface area contributed by atoms with E-state index in [1.54, 1.807) is 0 Å². The molecule has 1 aromatic heterocycles. The maximum atomic E-state index is 7.08. The number of nitrogens with zero attached hydrogens (tertiary/aromatic N) is 1. The summed E-state index contributed by atoms with van der Waals surface area (Å²) in [7, 11) is 2.48. The van der Waals surface area contributed by atoms with Gasteiger partial charge in [0.15, 0.2) is 7.28 Å². The van der Waals surface area contributed by atoms with Crippen LogP contribution in [-0.2, 0) is 27.1 Å². The molecule has 75 heavy (non-hydrogen) atoms. The molecule has 0 bridgehead atoms. The van der Waals surface area contributed by atoms with Crippen LogP contribution < -0.4 is 21.1 Å². The van der Waals surface area contributed by atoms with Crippen LogP contribution in [0, 0.1) is 0 Å². The van der Waals surface area contributed by atoms with Crippen LogP contribution in [-0.4, -0.2) is 7.28 Å². The highest BCUT2D eigenvalue weighted by molar-refractivity contribution is 6.73. The molecule has 0 unspecified atom stereocenters. The second kappa shape index (κ2) is 16.2. The minimum absolute atomic E-state index is 0.0510. The molecule has 10 aromatic rings. The molecule has 0 fully saturated rings. The van der Waals surface area contributed by atoms with Crippen LogP contribution in [0.3, 0.4) is 0 Å². The van der Waals surface area contributed by atoms with Crippen LogP contribution in [0.5, 0.6) is 0 Å². The highest BCUT2D eigenvalue weighted by Crippen LogP contribution is 2.59. The average Bonchev–Trinajstić information content (AvgIpc) is 3.80. The summed E-state index contributed by atoms with van der Waals surface area (Å²) in [6.45, 7) is 19.3. The highest BCUT2D eigenvalue weighted by Gasteiger charge is 2.49. The van der Waals surface area contributed by atoms with Gasteiger partial charge in [-0.15, -0.1) is 0 Å². The number of fused-ring (bicyclic) bond motifs is 9. The summed E-state index contributed by atoms with van der Waals surface area (Å²) in [5, 5.41) is 6.42. The summed E-state index contributed by atoms with van der Waals surface area (Å²) >= 11 is 0. The summed E-state index contributed by atoms with van der Waals surface area (Å²) in [5.41, 5.74) is 25.0. The number of hydrogen-bond donors (Lipinski definition) is 1. The maximum Gasteiger partial charge on any atom is 0.197 e. The van der Waals surface area contributed by atoms with E-state index in [2.05, 4.69) is 261 Å². The van der Waals surface area contributed by atoms with Crippen molar-refractivity contribution in [3.05, 3.63) is 233 Å². The summed E-state index contributed by atoms with van der Waals surface area (Å²) in [4.78, 5) is 2.59. The number of furan rings is 1. The van der Waals surface area contributed by atoms with E-state index in [4.69, 9.17) is 4.42 Å². The van der Waals surface area contributed by atoms with Gasteiger partial charge in [0, 0.05) is 39.5 Å². The number of para-hydroxylation sites is 2. The van der Waals surface area contributed by atoms with Gasteiger partial charge in [0.05, 0.1) is 16.8 Å². The Morgan fingerprint density at radius 1 is 0.427 bits per heavy atom. The van der Waals surface area contributed by atoms with E-state index < -0.39 is 5.41 Å². The van der Waals surface area contributed by atoms with Crippen molar-refractivity contribution >= 4 is 68.6 Å². The molecule has 1 radical (unpaired) electrons. The van der Waals surface area contributed by atoms with Gasteiger partial charge < -0.3 is 14.6 Å². The number of benzene rings is 9. The molecule has 4 aliphatic rings. The molecule has 0 amide bonds. The summed E-state index contributed by atoms with van der Waals surface area (Å²) in [5.74, 6) is 0. The number of rotatable bonds is 6. The zero-order chi connectivity index (χ0) is 51.2. The van der Waals surface area contributed by atoms with Crippen molar-refractivity contribution in [3.8, 4) is 22.3 Å². The Morgan fingerprint density at radius 3 is 1.67 bits per heavy atom. The first-order valence-electron chi connectivity index (χ1n) is 27.3. The molecule has 1 N–H and O–H groups in total. The van der Waals surface area contributed by atoms with E-state index in [1.165, 1.54) is 89.7 Å². The van der Waals surface area contributed by atoms with E-state index in [0.29, 0.717) is 0 Å². The van der Waals surface area contributed by atoms with Crippen molar-refractivity contribution in [2.24, 2.45) is 0 Å². The lowest BCUT2D eigenvalue weighted by atomic mass is 9.54. The summed E-state index contributed by atoms with van der Waals surface area (Å²) in [6.07, 6.45) is 4.63. The monoisotopic (exact) mass is 972 g/mol. The summed E-state index contributed by atoms with van der Waals surface area (Å²) in [6, 6.07) is 71.1. The first-order valence-corrected chi connectivity index (χ1v) is 27.3. The molecule has 0 saturated heterocycles. The van der Waals surface area contributed by atoms with E-state index in [0.717, 1.165) is 64.0 Å². The van der Waals surface area contributed by atoms with Crippen LogP contribution >= 0.6 is 0 Å². The smallest absolute Gasteiger partial charge is 0.197 e. The second-order valence-electron chi connectivity index (χ2n) is 24.9. The number of hydrogen-bond acceptors (Lipinski definition) is 3. The van der Waals surface area contributed by atoms with Crippen molar-refractivity contribution in [2.45, 2.75) is 108 Å². The quantitative estimate of drug-likeness (QED) is 0.168. The van der Waals surface area contributed by atoms with Crippen LogP contribution in [0.1, 0.15) is 126 Å². The average molecular weight is 972 g/mol. The highest BCUT2D eigenvalue weighted by atomic mass is 16.3. The maximum absolute atomic E-state index is 7.08. The molecule has 3 heterocycles. The molecule has 14 rings (SSSR count). The molecule has 2 aliphatic carbocycles. The zero-order valence-corrected chi connectivity index (χ0v) is 44.7. The van der Waals surface area contributed by atoms with Crippen molar-refractivity contribution < 1.29 is 4.42 Å². The van der Waals surface area contributed by atoms with Crippen molar-refractivity contribution in [1.29, 1.82) is 0 Å². The van der Waals surface area contributed by atoms with Crippen LogP contribution in [0.2, 0.25) is 0 Å². The van der Waals surface area contributed by atoms with Gasteiger partial charge in [0.25, 0.3) is 0 Å². The van der Waals surface area contributed by atoms with Crippen molar-refractivity contribution in [1.82, 2.24) is 0 Å². The van der Waals surface area contributed by atoms with Gasteiger partial charge in [-0.3, -0.25) is 0 Å². The number of anilines is 5. The SMILES string of the molecule is CC1(C)CCC(C)(C)c2cc(Nc3cc4oc5cc6c(cc5c4cc3-c3cc(-c4ccccc4)cc4c3[B]c3cccc5c3N4c3ccccc3C5(c3ccccc3)c3ccccc3)C(C)(C)CCC6(C)C)ccc21. The molecule has 2 aliphatic heterocycles. The van der Waals surface area contributed by atoms with Gasteiger partial charge >= 0.3 is 0 Å². The minimum atomic E-state index is -0.571. The predicted molar refractivity (Wildman–Crippen MR) is 316 cm³/mol. The Kier molecular flexibility index (Phi) is 9.95. The third kappa shape index (κ3) is 6.87.